The maximum Gasteiger partial charge on any atom is 0.227 e. The summed E-state index contributed by atoms with van der Waals surface area (Å²) in [5, 5.41) is 3.32. The Bertz CT molecular complexity index is 1170. The maximum atomic E-state index is 13.8. The molecule has 7 heteroatoms. The van der Waals surface area contributed by atoms with Gasteiger partial charge in [-0.25, -0.2) is 4.39 Å². The Morgan fingerprint density at radius 3 is 2.49 bits per heavy atom. The van der Waals surface area contributed by atoms with E-state index >= 15 is 0 Å². The second-order valence-electron chi connectivity index (χ2n) is 11.4. The molecule has 3 fully saturated rings. The number of aliphatic imine (C=N–C) groups is 1. The highest BCUT2D eigenvalue weighted by molar-refractivity contribution is 5.84. The first kappa shape index (κ1) is 27.5. The number of amides is 2. The second kappa shape index (κ2) is 12.4. The molecular weight excluding hydrogens is 491 g/mol. The fraction of sp³-hybridized carbons (Fsp3) is 0.531. The average molecular weight is 533 g/mol. The number of piperidine rings is 1. The van der Waals surface area contributed by atoms with Gasteiger partial charge in [0.25, 0.3) is 0 Å². The molecule has 6 nitrogen and oxygen atoms in total. The van der Waals surface area contributed by atoms with Gasteiger partial charge in [0.2, 0.25) is 11.8 Å². The van der Waals surface area contributed by atoms with Crippen LogP contribution in [0.1, 0.15) is 69.5 Å². The predicted octanol–water partition coefficient (Wildman–Crippen LogP) is 5.45. The number of hydrogen-bond donors (Lipinski definition) is 1. The van der Waals surface area contributed by atoms with Crippen molar-refractivity contribution in [3.8, 4) is 0 Å². The van der Waals surface area contributed by atoms with E-state index < -0.39 is 0 Å². The van der Waals surface area contributed by atoms with Crippen molar-refractivity contribution in [2.24, 2.45) is 16.8 Å². The van der Waals surface area contributed by atoms with Gasteiger partial charge in [-0.15, -0.1) is 0 Å². The Labute approximate surface area is 231 Å². The third-order valence-electron chi connectivity index (χ3n) is 8.91. The largest absolute Gasteiger partial charge is 0.349 e. The molecule has 5 rings (SSSR count). The zero-order chi connectivity index (χ0) is 27.4. The van der Waals surface area contributed by atoms with Crippen molar-refractivity contribution < 1.29 is 14.0 Å². The van der Waals surface area contributed by atoms with Crippen LogP contribution >= 0.6 is 0 Å². The summed E-state index contributed by atoms with van der Waals surface area (Å²) < 4.78 is 13.8. The summed E-state index contributed by atoms with van der Waals surface area (Å²) in [4.78, 5) is 33.8. The van der Waals surface area contributed by atoms with E-state index in [0.29, 0.717) is 37.5 Å². The summed E-state index contributed by atoms with van der Waals surface area (Å²) in [6.45, 7) is 5.73. The van der Waals surface area contributed by atoms with Crippen molar-refractivity contribution in [3.05, 3.63) is 65.5 Å². The molecule has 3 atom stereocenters. The van der Waals surface area contributed by atoms with E-state index in [1.807, 2.05) is 38.1 Å². The molecule has 3 aliphatic heterocycles. The van der Waals surface area contributed by atoms with Crippen LogP contribution in [0.25, 0.3) is 0 Å². The molecule has 0 aliphatic carbocycles. The number of halogens is 1. The van der Waals surface area contributed by atoms with Crippen LogP contribution in [0.5, 0.6) is 0 Å². The molecule has 0 aromatic heterocycles. The van der Waals surface area contributed by atoms with E-state index in [1.54, 1.807) is 23.2 Å². The quantitative estimate of drug-likeness (QED) is 0.414. The van der Waals surface area contributed by atoms with Gasteiger partial charge in [0.15, 0.2) is 0 Å². The lowest BCUT2D eigenvalue weighted by Gasteiger charge is -2.40. The number of carbonyl (C=O) groups excluding carboxylic acids is 2. The van der Waals surface area contributed by atoms with E-state index in [-0.39, 0.29) is 29.6 Å². The zero-order valence-electron chi connectivity index (χ0n) is 23.2. The van der Waals surface area contributed by atoms with Gasteiger partial charge in [0.05, 0.1) is 17.6 Å². The highest BCUT2D eigenvalue weighted by Crippen LogP contribution is 2.41. The standard InChI is InChI=1S/C32H41FN4O2/c1-3-31(38)36-20-25(21-36)32(39)35-29(23-8-6-5-7-9-23)14-15-37-27-12-13-28(37)18-22(17-27)16-24-10-11-26(33)19-30(24)34-4-2/h4-11,19,22,25,27-29H,3,12-18,20-21H2,1-2H3,(H,35,39)/t22?,27?,28?,29-/m0/s1. The lowest BCUT2D eigenvalue weighted by molar-refractivity contribution is -0.143. The first-order valence-electron chi connectivity index (χ1n) is 14.6. The molecule has 2 aromatic carbocycles. The van der Waals surface area contributed by atoms with Crippen LogP contribution in [0.4, 0.5) is 10.1 Å². The van der Waals surface area contributed by atoms with Crippen molar-refractivity contribution in [1.82, 2.24) is 15.1 Å². The Balaban J connectivity index is 1.19. The summed E-state index contributed by atoms with van der Waals surface area (Å²) in [5.41, 5.74) is 3.02. The molecule has 208 valence electrons. The number of benzene rings is 2. The van der Waals surface area contributed by atoms with E-state index in [1.165, 1.54) is 12.8 Å². The number of rotatable bonds is 10. The van der Waals surface area contributed by atoms with Gasteiger partial charge in [0, 0.05) is 44.4 Å². The van der Waals surface area contributed by atoms with Gasteiger partial charge in [-0.2, -0.15) is 0 Å². The molecule has 2 aromatic rings. The fourth-order valence-corrected chi connectivity index (χ4v) is 6.85. The number of hydrogen-bond acceptors (Lipinski definition) is 4. The van der Waals surface area contributed by atoms with Gasteiger partial charge < -0.3 is 10.2 Å². The molecule has 0 saturated carbocycles. The Kier molecular flexibility index (Phi) is 8.75. The summed E-state index contributed by atoms with van der Waals surface area (Å²) in [7, 11) is 0. The molecule has 39 heavy (non-hydrogen) atoms. The van der Waals surface area contributed by atoms with Crippen LogP contribution in [0, 0.1) is 17.7 Å². The minimum absolute atomic E-state index is 0.0413. The fourth-order valence-electron chi connectivity index (χ4n) is 6.85. The van der Waals surface area contributed by atoms with E-state index in [0.717, 1.165) is 49.0 Å². The summed E-state index contributed by atoms with van der Waals surface area (Å²) in [5.74, 6) is 0.388. The molecular formula is C32H41FN4O2. The summed E-state index contributed by atoms with van der Waals surface area (Å²) >= 11 is 0. The van der Waals surface area contributed by atoms with Gasteiger partial charge in [0.1, 0.15) is 5.82 Å². The lowest BCUT2D eigenvalue weighted by Crippen LogP contribution is -2.56. The second-order valence-corrected chi connectivity index (χ2v) is 11.4. The molecule has 0 radical (unpaired) electrons. The molecule has 2 unspecified atom stereocenters. The first-order valence-corrected chi connectivity index (χ1v) is 14.6. The van der Waals surface area contributed by atoms with Gasteiger partial charge in [-0.05, 0) is 74.6 Å². The van der Waals surface area contributed by atoms with Gasteiger partial charge in [-0.3, -0.25) is 19.5 Å². The van der Waals surface area contributed by atoms with Gasteiger partial charge >= 0.3 is 0 Å². The Morgan fingerprint density at radius 1 is 1.10 bits per heavy atom. The Hall–Kier alpha value is -3.06. The molecule has 2 amide bonds. The highest BCUT2D eigenvalue weighted by atomic mass is 19.1. The lowest BCUT2D eigenvalue weighted by atomic mass is 9.85. The summed E-state index contributed by atoms with van der Waals surface area (Å²) in [6.07, 6.45) is 8.76. The third-order valence-corrected chi connectivity index (χ3v) is 8.91. The zero-order valence-corrected chi connectivity index (χ0v) is 23.2. The van der Waals surface area contributed by atoms with Crippen molar-refractivity contribution in [2.45, 2.75) is 76.9 Å². The van der Waals surface area contributed by atoms with Crippen LogP contribution in [0.2, 0.25) is 0 Å². The average Bonchev–Trinajstić information content (AvgIpc) is 3.15. The molecule has 3 aliphatic rings. The van der Waals surface area contributed by atoms with E-state index in [4.69, 9.17) is 0 Å². The van der Waals surface area contributed by atoms with Crippen molar-refractivity contribution in [3.63, 3.8) is 0 Å². The highest BCUT2D eigenvalue weighted by Gasteiger charge is 2.41. The van der Waals surface area contributed by atoms with E-state index in [9.17, 15) is 14.0 Å². The Morgan fingerprint density at radius 2 is 1.82 bits per heavy atom. The minimum Gasteiger partial charge on any atom is -0.349 e. The number of fused-ring (bicyclic) bond motifs is 2. The number of carbonyl (C=O) groups is 2. The normalized spacial score (nSPS) is 24.1. The van der Waals surface area contributed by atoms with Crippen LogP contribution in [-0.2, 0) is 16.0 Å². The molecule has 2 bridgehead atoms. The smallest absolute Gasteiger partial charge is 0.227 e. The topological polar surface area (TPSA) is 65.0 Å². The van der Waals surface area contributed by atoms with Gasteiger partial charge in [-0.1, -0.05) is 43.3 Å². The van der Waals surface area contributed by atoms with Crippen molar-refractivity contribution >= 4 is 23.7 Å². The van der Waals surface area contributed by atoms with Crippen LogP contribution < -0.4 is 5.32 Å². The van der Waals surface area contributed by atoms with Crippen LogP contribution in [-0.4, -0.2) is 59.5 Å². The van der Waals surface area contributed by atoms with Crippen LogP contribution in [0.3, 0.4) is 0 Å². The summed E-state index contributed by atoms with van der Waals surface area (Å²) in [6, 6.07) is 16.3. The van der Waals surface area contributed by atoms with Crippen molar-refractivity contribution in [1.29, 1.82) is 0 Å². The number of nitrogens with zero attached hydrogens (tertiary/aromatic N) is 3. The number of likely N-dealkylation sites (tertiary alicyclic amines) is 1. The number of nitrogens with one attached hydrogen (secondary N) is 1. The minimum atomic E-state index is -0.238. The SMILES string of the molecule is CC=Nc1cc(F)ccc1CC1CC2CCC(C1)N2CC[C@H](NC(=O)C1CN(C(=O)CC)C1)c1ccccc1. The van der Waals surface area contributed by atoms with E-state index in [2.05, 4.69) is 27.3 Å². The molecule has 0 spiro atoms. The third kappa shape index (κ3) is 6.40. The maximum absolute atomic E-state index is 13.8. The molecule has 3 saturated heterocycles. The molecule has 1 N–H and O–H groups in total. The van der Waals surface area contributed by atoms with Crippen molar-refractivity contribution in [2.75, 3.05) is 19.6 Å². The monoisotopic (exact) mass is 532 g/mol. The molecule has 3 heterocycles. The first-order chi connectivity index (χ1) is 18.9. The van der Waals surface area contributed by atoms with Crippen LogP contribution in [0.15, 0.2) is 53.5 Å². The predicted molar refractivity (Wildman–Crippen MR) is 152 cm³/mol.